The summed E-state index contributed by atoms with van der Waals surface area (Å²) < 4.78 is 33.2. The lowest BCUT2D eigenvalue weighted by Gasteiger charge is -2.13. The molecular formula is C22H26F2O. The first kappa shape index (κ1) is 19.2. The lowest BCUT2D eigenvalue weighted by molar-refractivity contribution is 0.339. The minimum absolute atomic E-state index is 0.0805. The number of halogens is 2. The molecule has 2 aromatic carbocycles. The number of hydrogen-bond acceptors (Lipinski definition) is 1. The molecule has 0 bridgehead atoms. The molecular weight excluding hydrogens is 318 g/mol. The van der Waals surface area contributed by atoms with Crippen LogP contribution in [0.2, 0.25) is 0 Å². The number of para-hydroxylation sites is 1. The quantitative estimate of drug-likeness (QED) is 0.542. The molecule has 0 aliphatic rings. The molecule has 0 aliphatic heterocycles. The standard InChI is InChI=1S/C22H26F2O/c1-4-8-17(13-18-14-20(23)16(3)21(24)15-18)11-12-19-9-6-7-10-22(19)25-5-2/h6-7,9-12,14-15,17H,4-5,8,13H2,1-3H3/b12-11+. The van der Waals surface area contributed by atoms with Crippen LogP contribution in [0, 0.1) is 24.5 Å². The lowest BCUT2D eigenvalue weighted by atomic mass is 9.93. The molecule has 0 fully saturated rings. The molecule has 25 heavy (non-hydrogen) atoms. The summed E-state index contributed by atoms with van der Waals surface area (Å²) in [6.07, 6.45) is 6.77. The van der Waals surface area contributed by atoms with Crippen molar-refractivity contribution >= 4 is 6.08 Å². The van der Waals surface area contributed by atoms with E-state index < -0.39 is 11.6 Å². The molecule has 1 nitrogen and oxygen atoms in total. The highest BCUT2D eigenvalue weighted by Gasteiger charge is 2.11. The second-order valence-corrected chi connectivity index (χ2v) is 6.27. The molecule has 2 rings (SSSR count). The molecule has 1 unspecified atom stereocenters. The van der Waals surface area contributed by atoms with E-state index in [4.69, 9.17) is 4.74 Å². The van der Waals surface area contributed by atoms with Crippen LogP contribution in [0.15, 0.2) is 42.5 Å². The highest BCUT2D eigenvalue weighted by Crippen LogP contribution is 2.24. The van der Waals surface area contributed by atoms with Gasteiger partial charge in [0, 0.05) is 11.1 Å². The predicted molar refractivity (Wildman–Crippen MR) is 99.8 cm³/mol. The predicted octanol–water partition coefficient (Wildman–Crippen LogP) is 6.34. The van der Waals surface area contributed by atoms with Gasteiger partial charge in [-0.2, -0.15) is 0 Å². The van der Waals surface area contributed by atoms with Crippen molar-refractivity contribution in [3.63, 3.8) is 0 Å². The summed E-state index contributed by atoms with van der Waals surface area (Å²) in [5.74, 6) is 0.122. The van der Waals surface area contributed by atoms with Crippen molar-refractivity contribution < 1.29 is 13.5 Å². The van der Waals surface area contributed by atoms with Gasteiger partial charge < -0.3 is 4.74 Å². The van der Waals surface area contributed by atoms with Gasteiger partial charge >= 0.3 is 0 Å². The second kappa shape index (κ2) is 9.36. The minimum Gasteiger partial charge on any atom is -0.493 e. The van der Waals surface area contributed by atoms with E-state index in [-0.39, 0.29) is 11.5 Å². The first-order valence-electron chi connectivity index (χ1n) is 8.89. The zero-order valence-electron chi connectivity index (χ0n) is 15.2. The van der Waals surface area contributed by atoms with E-state index in [9.17, 15) is 8.78 Å². The Balaban J connectivity index is 2.18. The summed E-state index contributed by atoms with van der Waals surface area (Å²) in [6, 6.07) is 10.8. The van der Waals surface area contributed by atoms with E-state index in [0.717, 1.165) is 24.2 Å². The summed E-state index contributed by atoms with van der Waals surface area (Å²) >= 11 is 0. The number of hydrogen-bond donors (Lipinski definition) is 0. The van der Waals surface area contributed by atoms with E-state index >= 15 is 0 Å². The Morgan fingerprint density at radius 1 is 1.08 bits per heavy atom. The Labute approximate surface area is 149 Å². The van der Waals surface area contributed by atoms with E-state index in [1.165, 1.54) is 19.1 Å². The summed E-state index contributed by atoms with van der Waals surface area (Å²) in [5.41, 5.74) is 1.80. The summed E-state index contributed by atoms with van der Waals surface area (Å²) in [7, 11) is 0. The van der Waals surface area contributed by atoms with Gasteiger partial charge in [0.15, 0.2) is 0 Å². The third-order valence-electron chi connectivity index (χ3n) is 4.26. The zero-order chi connectivity index (χ0) is 18.2. The fourth-order valence-electron chi connectivity index (χ4n) is 2.90. The Morgan fingerprint density at radius 3 is 2.40 bits per heavy atom. The van der Waals surface area contributed by atoms with Crippen LogP contribution < -0.4 is 4.74 Å². The number of allylic oxidation sites excluding steroid dienone is 1. The molecule has 2 aromatic rings. The van der Waals surface area contributed by atoms with Crippen LogP contribution in [0.4, 0.5) is 8.78 Å². The van der Waals surface area contributed by atoms with Gasteiger partial charge in [0.1, 0.15) is 17.4 Å². The SMILES string of the molecule is CCCC(/C=C/c1ccccc1OCC)Cc1cc(F)c(C)c(F)c1. The van der Waals surface area contributed by atoms with Crippen molar-refractivity contribution in [1.82, 2.24) is 0 Å². The molecule has 0 aromatic heterocycles. The van der Waals surface area contributed by atoms with Crippen molar-refractivity contribution in [2.24, 2.45) is 5.92 Å². The van der Waals surface area contributed by atoms with Crippen LogP contribution in [-0.2, 0) is 6.42 Å². The van der Waals surface area contributed by atoms with Gasteiger partial charge in [0.05, 0.1) is 6.61 Å². The Morgan fingerprint density at radius 2 is 1.76 bits per heavy atom. The highest BCUT2D eigenvalue weighted by atomic mass is 19.1. The number of rotatable bonds is 8. The monoisotopic (exact) mass is 344 g/mol. The third kappa shape index (κ3) is 5.42. The van der Waals surface area contributed by atoms with Gasteiger partial charge in [0.2, 0.25) is 0 Å². The molecule has 134 valence electrons. The maximum Gasteiger partial charge on any atom is 0.129 e. The van der Waals surface area contributed by atoms with Crippen molar-refractivity contribution in [3.8, 4) is 5.75 Å². The molecule has 0 saturated heterocycles. The van der Waals surface area contributed by atoms with E-state index in [1.54, 1.807) is 0 Å². The molecule has 0 amide bonds. The normalized spacial score (nSPS) is 12.5. The second-order valence-electron chi connectivity index (χ2n) is 6.27. The minimum atomic E-state index is -0.476. The first-order chi connectivity index (χ1) is 12.0. The first-order valence-corrected chi connectivity index (χ1v) is 8.89. The molecule has 0 N–H and O–H groups in total. The van der Waals surface area contributed by atoms with Gasteiger partial charge in [-0.25, -0.2) is 8.78 Å². The van der Waals surface area contributed by atoms with Crippen LogP contribution in [0.25, 0.3) is 6.08 Å². The zero-order valence-corrected chi connectivity index (χ0v) is 15.2. The molecule has 0 radical (unpaired) electrons. The average Bonchev–Trinajstić information content (AvgIpc) is 2.59. The van der Waals surface area contributed by atoms with Gasteiger partial charge in [-0.15, -0.1) is 0 Å². The number of ether oxygens (including phenoxy) is 1. The molecule has 0 aliphatic carbocycles. The highest BCUT2D eigenvalue weighted by molar-refractivity contribution is 5.57. The van der Waals surface area contributed by atoms with E-state index in [2.05, 4.69) is 13.0 Å². The van der Waals surface area contributed by atoms with Crippen LogP contribution >= 0.6 is 0 Å². The van der Waals surface area contributed by atoms with Crippen LogP contribution in [0.5, 0.6) is 5.75 Å². The summed E-state index contributed by atoms with van der Waals surface area (Å²) in [4.78, 5) is 0. The van der Waals surface area contributed by atoms with E-state index in [0.29, 0.717) is 18.6 Å². The fourth-order valence-corrected chi connectivity index (χ4v) is 2.90. The van der Waals surface area contributed by atoms with Gasteiger partial charge in [-0.05, 0) is 56.4 Å². The van der Waals surface area contributed by atoms with Crippen LogP contribution in [0.3, 0.4) is 0 Å². The van der Waals surface area contributed by atoms with Gasteiger partial charge in [0.25, 0.3) is 0 Å². The largest absolute Gasteiger partial charge is 0.493 e. The maximum absolute atomic E-state index is 13.8. The molecule has 0 heterocycles. The molecule has 0 spiro atoms. The third-order valence-corrected chi connectivity index (χ3v) is 4.26. The van der Waals surface area contributed by atoms with Crippen LogP contribution in [-0.4, -0.2) is 6.61 Å². The topological polar surface area (TPSA) is 9.23 Å². The summed E-state index contributed by atoms with van der Waals surface area (Å²) in [6.45, 7) is 6.15. The van der Waals surface area contributed by atoms with Crippen molar-refractivity contribution in [1.29, 1.82) is 0 Å². The van der Waals surface area contributed by atoms with Crippen molar-refractivity contribution in [3.05, 3.63) is 70.8 Å². The Kier molecular flexibility index (Phi) is 7.17. The van der Waals surface area contributed by atoms with Crippen molar-refractivity contribution in [2.75, 3.05) is 6.61 Å². The smallest absolute Gasteiger partial charge is 0.129 e. The van der Waals surface area contributed by atoms with Crippen molar-refractivity contribution in [2.45, 2.75) is 40.0 Å². The molecule has 3 heteroatoms. The van der Waals surface area contributed by atoms with Crippen LogP contribution in [0.1, 0.15) is 43.4 Å². The maximum atomic E-state index is 13.8. The van der Waals surface area contributed by atoms with Gasteiger partial charge in [-0.3, -0.25) is 0 Å². The average molecular weight is 344 g/mol. The van der Waals surface area contributed by atoms with Gasteiger partial charge in [-0.1, -0.05) is 43.7 Å². The Hall–Kier alpha value is -2.16. The fraction of sp³-hybridized carbons (Fsp3) is 0.364. The number of benzene rings is 2. The van der Waals surface area contributed by atoms with E-state index in [1.807, 2.05) is 37.3 Å². The molecule has 0 saturated carbocycles. The Bertz CT molecular complexity index is 699. The lowest BCUT2D eigenvalue weighted by Crippen LogP contribution is -2.03. The summed E-state index contributed by atoms with van der Waals surface area (Å²) in [5, 5.41) is 0. The molecule has 1 atom stereocenters.